The van der Waals surface area contributed by atoms with Gasteiger partial charge in [0, 0.05) is 40.0 Å². The minimum atomic E-state index is 0.00357. The van der Waals surface area contributed by atoms with Crippen molar-refractivity contribution in [3.8, 4) is 10.6 Å². The molecule has 4 nitrogen and oxygen atoms in total. The summed E-state index contributed by atoms with van der Waals surface area (Å²) in [6.45, 7) is 1.26. The third-order valence-corrected chi connectivity index (χ3v) is 6.67. The fourth-order valence-electron chi connectivity index (χ4n) is 3.64. The third-order valence-electron chi connectivity index (χ3n) is 5.23. The minimum Gasteiger partial charge on any atom is -0.342 e. The molecule has 0 atom stereocenters. The van der Waals surface area contributed by atoms with Gasteiger partial charge in [0.05, 0.1) is 12.1 Å². The van der Waals surface area contributed by atoms with Gasteiger partial charge in [0.15, 0.2) is 5.78 Å². The SMILES string of the molecule is O=C(c1ccccc1)C1CCN(C(=O)Cc2csc(-c3cccc(Br)c3)n2)CC1. The fourth-order valence-corrected chi connectivity index (χ4v) is 4.85. The van der Waals surface area contributed by atoms with Crippen molar-refractivity contribution in [2.45, 2.75) is 19.3 Å². The molecule has 1 fully saturated rings. The summed E-state index contributed by atoms with van der Waals surface area (Å²) in [6.07, 6.45) is 1.75. The van der Waals surface area contributed by atoms with E-state index in [9.17, 15) is 9.59 Å². The highest BCUT2D eigenvalue weighted by Gasteiger charge is 2.28. The van der Waals surface area contributed by atoms with E-state index in [4.69, 9.17) is 0 Å². The summed E-state index contributed by atoms with van der Waals surface area (Å²) < 4.78 is 1.01. The Morgan fingerprint density at radius 3 is 2.55 bits per heavy atom. The van der Waals surface area contributed by atoms with Crippen LogP contribution in [0, 0.1) is 5.92 Å². The summed E-state index contributed by atoms with van der Waals surface area (Å²) in [5.74, 6) is 0.279. The Morgan fingerprint density at radius 2 is 1.83 bits per heavy atom. The average molecular weight is 469 g/mol. The summed E-state index contributed by atoms with van der Waals surface area (Å²) in [7, 11) is 0. The second kappa shape index (κ2) is 9.01. The van der Waals surface area contributed by atoms with Crippen LogP contribution in [0.15, 0.2) is 64.5 Å². The van der Waals surface area contributed by atoms with Crippen molar-refractivity contribution in [3.05, 3.63) is 75.7 Å². The number of Topliss-reactive ketones (excluding diaryl/α,β-unsaturated/α-hetero) is 1. The van der Waals surface area contributed by atoms with Crippen LogP contribution in [-0.4, -0.2) is 34.7 Å². The predicted molar refractivity (Wildman–Crippen MR) is 119 cm³/mol. The normalized spacial score (nSPS) is 14.7. The van der Waals surface area contributed by atoms with E-state index in [0.717, 1.165) is 39.1 Å². The van der Waals surface area contributed by atoms with Crippen molar-refractivity contribution in [2.75, 3.05) is 13.1 Å². The monoisotopic (exact) mass is 468 g/mol. The Labute approximate surface area is 182 Å². The second-order valence-electron chi connectivity index (χ2n) is 7.22. The number of nitrogens with zero attached hydrogens (tertiary/aromatic N) is 2. The number of aromatic nitrogens is 1. The molecule has 1 saturated heterocycles. The molecule has 1 aliphatic heterocycles. The van der Waals surface area contributed by atoms with E-state index in [-0.39, 0.29) is 17.6 Å². The molecule has 3 aromatic rings. The van der Waals surface area contributed by atoms with Gasteiger partial charge in [-0.15, -0.1) is 11.3 Å². The number of rotatable bonds is 5. The zero-order valence-corrected chi connectivity index (χ0v) is 18.3. The number of ketones is 1. The molecule has 0 N–H and O–H groups in total. The summed E-state index contributed by atoms with van der Waals surface area (Å²) in [5.41, 5.74) is 2.61. The first-order valence-electron chi connectivity index (χ1n) is 9.67. The largest absolute Gasteiger partial charge is 0.342 e. The molecule has 2 aromatic carbocycles. The van der Waals surface area contributed by atoms with E-state index in [1.807, 2.05) is 64.9 Å². The molecule has 0 spiro atoms. The molecule has 0 saturated carbocycles. The number of carbonyl (C=O) groups is 2. The zero-order valence-electron chi connectivity index (χ0n) is 15.9. The molecule has 0 unspecified atom stereocenters. The first kappa shape index (κ1) is 20.0. The van der Waals surface area contributed by atoms with Crippen LogP contribution in [0.1, 0.15) is 28.9 Å². The minimum absolute atomic E-state index is 0.00357. The maximum atomic E-state index is 12.7. The van der Waals surface area contributed by atoms with E-state index in [1.54, 1.807) is 11.3 Å². The lowest BCUT2D eigenvalue weighted by molar-refractivity contribution is -0.131. The summed E-state index contributed by atoms with van der Waals surface area (Å²) in [5, 5.41) is 2.88. The Balaban J connectivity index is 1.33. The van der Waals surface area contributed by atoms with Crippen molar-refractivity contribution < 1.29 is 9.59 Å². The van der Waals surface area contributed by atoms with Crippen LogP contribution in [0.4, 0.5) is 0 Å². The number of benzene rings is 2. The lowest BCUT2D eigenvalue weighted by Gasteiger charge is -2.31. The molecule has 29 heavy (non-hydrogen) atoms. The molecule has 6 heteroatoms. The quantitative estimate of drug-likeness (QED) is 0.481. The number of amides is 1. The first-order chi connectivity index (χ1) is 14.1. The standard InChI is InChI=1S/C23H21BrN2O2S/c24-19-8-4-7-18(13-19)23-25-20(15-29-23)14-21(27)26-11-9-17(10-12-26)22(28)16-5-2-1-3-6-16/h1-8,13,15,17H,9-12,14H2. The number of hydrogen-bond acceptors (Lipinski definition) is 4. The Morgan fingerprint density at radius 1 is 1.07 bits per heavy atom. The highest BCUT2D eigenvalue weighted by atomic mass is 79.9. The van der Waals surface area contributed by atoms with Gasteiger partial charge in [-0.05, 0) is 25.0 Å². The molecular weight excluding hydrogens is 448 g/mol. The first-order valence-corrected chi connectivity index (χ1v) is 11.3. The summed E-state index contributed by atoms with van der Waals surface area (Å²) >= 11 is 5.04. The highest BCUT2D eigenvalue weighted by molar-refractivity contribution is 9.10. The maximum absolute atomic E-state index is 12.7. The van der Waals surface area contributed by atoms with Crippen molar-refractivity contribution in [1.29, 1.82) is 0 Å². The van der Waals surface area contributed by atoms with E-state index >= 15 is 0 Å². The Hall–Kier alpha value is -2.31. The number of halogens is 1. The number of likely N-dealkylation sites (tertiary alicyclic amines) is 1. The van der Waals surface area contributed by atoms with Crippen molar-refractivity contribution >= 4 is 39.0 Å². The van der Waals surface area contributed by atoms with E-state index in [0.29, 0.717) is 19.5 Å². The lowest BCUT2D eigenvalue weighted by Crippen LogP contribution is -2.41. The number of thiazole rings is 1. The molecule has 0 aliphatic carbocycles. The lowest BCUT2D eigenvalue weighted by atomic mass is 9.89. The third kappa shape index (κ3) is 4.82. The molecule has 1 aromatic heterocycles. The molecule has 148 valence electrons. The zero-order chi connectivity index (χ0) is 20.2. The van der Waals surface area contributed by atoms with Crippen LogP contribution in [0.2, 0.25) is 0 Å². The predicted octanol–water partition coefficient (Wildman–Crippen LogP) is 5.24. The van der Waals surface area contributed by atoms with Gasteiger partial charge in [0.25, 0.3) is 0 Å². The smallest absolute Gasteiger partial charge is 0.228 e. The molecule has 1 amide bonds. The van der Waals surface area contributed by atoms with Crippen LogP contribution >= 0.6 is 27.3 Å². The van der Waals surface area contributed by atoms with E-state index < -0.39 is 0 Å². The molecule has 4 rings (SSSR count). The van der Waals surface area contributed by atoms with Crippen LogP contribution in [0.3, 0.4) is 0 Å². The second-order valence-corrected chi connectivity index (χ2v) is 8.99. The van der Waals surface area contributed by atoms with Crippen molar-refractivity contribution in [2.24, 2.45) is 5.92 Å². The average Bonchev–Trinajstić information content (AvgIpc) is 3.22. The summed E-state index contributed by atoms with van der Waals surface area (Å²) in [4.78, 5) is 31.8. The van der Waals surface area contributed by atoms with Gasteiger partial charge in [0.1, 0.15) is 5.01 Å². The van der Waals surface area contributed by atoms with Crippen LogP contribution < -0.4 is 0 Å². The topological polar surface area (TPSA) is 50.3 Å². The van der Waals surface area contributed by atoms with Crippen LogP contribution in [0.5, 0.6) is 0 Å². The van der Waals surface area contributed by atoms with Crippen molar-refractivity contribution in [3.63, 3.8) is 0 Å². The summed E-state index contributed by atoms with van der Waals surface area (Å²) in [6, 6.07) is 17.4. The van der Waals surface area contributed by atoms with E-state index in [1.165, 1.54) is 0 Å². The Bertz CT molecular complexity index is 1010. The number of hydrogen-bond donors (Lipinski definition) is 0. The highest BCUT2D eigenvalue weighted by Crippen LogP contribution is 2.27. The van der Waals surface area contributed by atoms with Gasteiger partial charge in [-0.2, -0.15) is 0 Å². The number of piperidine rings is 1. The molecule has 0 radical (unpaired) electrons. The van der Waals surface area contributed by atoms with Crippen LogP contribution in [0.25, 0.3) is 10.6 Å². The molecule has 2 heterocycles. The number of carbonyl (C=O) groups excluding carboxylic acids is 2. The fraction of sp³-hybridized carbons (Fsp3) is 0.261. The van der Waals surface area contributed by atoms with Crippen LogP contribution in [-0.2, 0) is 11.2 Å². The van der Waals surface area contributed by atoms with Gasteiger partial charge >= 0.3 is 0 Å². The Kier molecular flexibility index (Phi) is 6.21. The van der Waals surface area contributed by atoms with Crippen molar-refractivity contribution in [1.82, 2.24) is 9.88 Å². The van der Waals surface area contributed by atoms with Gasteiger partial charge in [-0.25, -0.2) is 4.98 Å². The molecule has 1 aliphatic rings. The van der Waals surface area contributed by atoms with Gasteiger partial charge in [-0.1, -0.05) is 58.4 Å². The van der Waals surface area contributed by atoms with E-state index in [2.05, 4.69) is 20.9 Å². The molecule has 0 bridgehead atoms. The maximum Gasteiger partial charge on any atom is 0.228 e. The van der Waals surface area contributed by atoms with Gasteiger partial charge < -0.3 is 4.90 Å². The van der Waals surface area contributed by atoms with Gasteiger partial charge in [-0.3, -0.25) is 9.59 Å². The van der Waals surface area contributed by atoms with Gasteiger partial charge in [0.2, 0.25) is 5.91 Å². The molecular formula is C23H21BrN2O2S.